The maximum Gasteiger partial charge on any atom is 0.290 e. The molecule has 7 nitrogen and oxygen atoms in total. The molecule has 0 bridgehead atoms. The summed E-state index contributed by atoms with van der Waals surface area (Å²) in [6.07, 6.45) is 0.540. The van der Waals surface area contributed by atoms with Crippen molar-refractivity contribution in [1.29, 1.82) is 0 Å². The molecule has 42 heavy (non-hydrogen) atoms. The van der Waals surface area contributed by atoms with Gasteiger partial charge in [-0.2, -0.15) is 0 Å². The van der Waals surface area contributed by atoms with Crippen LogP contribution >= 0.6 is 0 Å². The van der Waals surface area contributed by atoms with Crippen LogP contribution in [0.15, 0.2) is 125 Å². The van der Waals surface area contributed by atoms with Gasteiger partial charge in [-0.1, -0.05) is 84.9 Å². The van der Waals surface area contributed by atoms with E-state index in [9.17, 15) is 14.7 Å². The maximum atomic E-state index is 13.9. The topological polar surface area (TPSA) is 89.2 Å². The van der Waals surface area contributed by atoms with Gasteiger partial charge in [0.1, 0.15) is 12.2 Å². The number of hydrogen-bond donors (Lipinski definition) is 1. The van der Waals surface area contributed by atoms with Crippen molar-refractivity contribution in [1.82, 2.24) is 4.90 Å². The second-order valence-corrected chi connectivity index (χ2v) is 10.1. The third-order valence-electron chi connectivity index (χ3n) is 7.42. The number of benzene rings is 4. The summed E-state index contributed by atoms with van der Waals surface area (Å²) in [4.78, 5) is 28.9. The fourth-order valence-electron chi connectivity index (χ4n) is 5.29. The zero-order valence-corrected chi connectivity index (χ0v) is 23.0. The number of ether oxygens (including phenoxy) is 2. The molecule has 210 valence electrons. The number of nitrogens with zero attached hydrogens (tertiary/aromatic N) is 1. The molecule has 0 spiro atoms. The van der Waals surface area contributed by atoms with Crippen LogP contribution in [0.3, 0.4) is 0 Å². The van der Waals surface area contributed by atoms with Crippen LogP contribution in [0.4, 0.5) is 0 Å². The van der Waals surface area contributed by atoms with Crippen molar-refractivity contribution < 1.29 is 28.6 Å². The van der Waals surface area contributed by atoms with Crippen LogP contribution in [0.5, 0.6) is 11.5 Å². The van der Waals surface area contributed by atoms with E-state index in [1.54, 1.807) is 30.3 Å². The Morgan fingerprint density at radius 2 is 1.55 bits per heavy atom. The van der Waals surface area contributed by atoms with Crippen LogP contribution in [0.2, 0.25) is 0 Å². The summed E-state index contributed by atoms with van der Waals surface area (Å²) < 4.78 is 17.5. The van der Waals surface area contributed by atoms with Crippen molar-refractivity contribution in [2.45, 2.75) is 19.1 Å². The summed E-state index contributed by atoms with van der Waals surface area (Å²) in [5.41, 5.74) is 3.15. The van der Waals surface area contributed by atoms with Crippen LogP contribution < -0.4 is 9.47 Å². The SMILES string of the molecule is COc1cc([C@H]2C(C(=O)c3cc4ccccc4o3)=C(O)C(=O)N2CCc2ccccc2)ccc1OCc1ccccc1. The van der Waals surface area contributed by atoms with Gasteiger partial charge in [0, 0.05) is 11.9 Å². The zero-order valence-electron chi connectivity index (χ0n) is 23.0. The van der Waals surface area contributed by atoms with Gasteiger partial charge < -0.3 is 23.9 Å². The number of hydrogen-bond acceptors (Lipinski definition) is 6. The molecule has 1 aliphatic rings. The third-order valence-corrected chi connectivity index (χ3v) is 7.42. The third kappa shape index (κ3) is 5.24. The van der Waals surface area contributed by atoms with Gasteiger partial charge in [-0.05, 0) is 47.4 Å². The Bertz CT molecular complexity index is 1740. The minimum absolute atomic E-state index is 0.0351. The summed E-state index contributed by atoms with van der Waals surface area (Å²) in [7, 11) is 1.54. The Morgan fingerprint density at radius 1 is 0.857 bits per heavy atom. The Balaban J connectivity index is 1.36. The molecule has 1 atom stereocenters. The molecule has 0 aliphatic carbocycles. The van der Waals surface area contributed by atoms with E-state index in [-0.39, 0.29) is 17.9 Å². The molecule has 0 radical (unpaired) electrons. The average molecular weight is 560 g/mol. The summed E-state index contributed by atoms with van der Waals surface area (Å²) >= 11 is 0. The van der Waals surface area contributed by atoms with Crippen molar-refractivity contribution in [2.75, 3.05) is 13.7 Å². The normalized spacial score (nSPS) is 14.9. The van der Waals surface area contributed by atoms with E-state index in [4.69, 9.17) is 13.9 Å². The fourth-order valence-corrected chi connectivity index (χ4v) is 5.29. The van der Waals surface area contributed by atoms with Gasteiger partial charge in [0.2, 0.25) is 5.78 Å². The van der Waals surface area contributed by atoms with Crippen LogP contribution in [0.1, 0.15) is 33.3 Å². The summed E-state index contributed by atoms with van der Waals surface area (Å²) in [5.74, 6) is -0.729. The van der Waals surface area contributed by atoms with Crippen LogP contribution in [-0.4, -0.2) is 35.4 Å². The molecule has 0 fully saturated rings. The van der Waals surface area contributed by atoms with Crippen molar-refractivity contribution in [3.05, 3.63) is 143 Å². The molecule has 0 saturated carbocycles. The number of amides is 1. The highest BCUT2D eigenvalue weighted by atomic mass is 16.5. The molecule has 4 aromatic carbocycles. The Morgan fingerprint density at radius 3 is 2.26 bits per heavy atom. The van der Waals surface area contributed by atoms with Crippen LogP contribution in [0, 0.1) is 0 Å². The molecule has 1 aromatic heterocycles. The molecule has 2 heterocycles. The van der Waals surface area contributed by atoms with E-state index in [0.29, 0.717) is 35.7 Å². The molecule has 0 unspecified atom stereocenters. The number of methoxy groups -OCH3 is 1. The molecule has 7 heteroatoms. The fraction of sp³-hybridized carbons (Fsp3) is 0.143. The smallest absolute Gasteiger partial charge is 0.290 e. The summed E-state index contributed by atoms with van der Waals surface area (Å²) in [6.45, 7) is 0.626. The minimum atomic E-state index is -0.862. The number of para-hydroxylation sites is 1. The first kappa shape index (κ1) is 26.9. The van der Waals surface area contributed by atoms with E-state index >= 15 is 0 Å². The van der Waals surface area contributed by atoms with Crippen LogP contribution in [-0.2, 0) is 17.8 Å². The van der Waals surface area contributed by atoms with Gasteiger partial charge in [-0.25, -0.2) is 0 Å². The highest BCUT2D eigenvalue weighted by molar-refractivity contribution is 6.16. The Kier molecular flexibility index (Phi) is 7.47. The number of aliphatic hydroxyl groups is 1. The predicted molar refractivity (Wildman–Crippen MR) is 159 cm³/mol. The minimum Gasteiger partial charge on any atom is -0.503 e. The molecule has 6 rings (SSSR count). The number of rotatable bonds is 10. The first-order valence-electron chi connectivity index (χ1n) is 13.7. The van der Waals surface area contributed by atoms with Gasteiger partial charge >= 0.3 is 0 Å². The number of fused-ring (bicyclic) bond motifs is 1. The second-order valence-electron chi connectivity index (χ2n) is 10.1. The maximum absolute atomic E-state index is 13.9. The van der Waals surface area contributed by atoms with E-state index < -0.39 is 23.5 Å². The summed E-state index contributed by atoms with van der Waals surface area (Å²) in [6, 6.07) is 32.9. The van der Waals surface area contributed by atoms with Crippen molar-refractivity contribution in [3.8, 4) is 11.5 Å². The molecular formula is C35H29NO6. The first-order valence-corrected chi connectivity index (χ1v) is 13.7. The number of ketones is 1. The molecule has 0 saturated heterocycles. The van der Waals surface area contributed by atoms with Gasteiger partial charge in [0.15, 0.2) is 23.0 Å². The standard InChI is InChI=1S/C35H29NO6/c1-40-29-21-26(16-17-28(29)41-22-24-12-6-3-7-13-24)32-31(33(37)30-20-25-14-8-9-15-27(25)42-30)34(38)35(39)36(32)19-18-23-10-4-2-5-11-23/h2-17,20-21,32,38H,18-19,22H2,1H3/t32-/m0/s1. The largest absolute Gasteiger partial charge is 0.503 e. The molecule has 5 aromatic rings. The molecule has 1 amide bonds. The van der Waals surface area contributed by atoms with Gasteiger partial charge in [0.05, 0.1) is 18.7 Å². The van der Waals surface area contributed by atoms with Gasteiger partial charge in [0.25, 0.3) is 5.91 Å². The Hall–Kier alpha value is -5.30. The van der Waals surface area contributed by atoms with Gasteiger partial charge in [-0.3, -0.25) is 9.59 Å². The van der Waals surface area contributed by atoms with E-state index in [2.05, 4.69) is 0 Å². The van der Waals surface area contributed by atoms with E-state index in [0.717, 1.165) is 16.5 Å². The highest BCUT2D eigenvalue weighted by Crippen LogP contribution is 2.42. The number of furan rings is 1. The first-order chi connectivity index (χ1) is 20.5. The molecule has 1 aliphatic heterocycles. The van der Waals surface area contributed by atoms with E-state index in [1.165, 1.54) is 12.0 Å². The lowest BCUT2D eigenvalue weighted by atomic mass is 9.94. The number of carbonyl (C=O) groups is 2. The number of Topliss-reactive ketones (excluding diaryl/α,β-unsaturated/α-hetero) is 1. The van der Waals surface area contributed by atoms with E-state index in [1.807, 2.05) is 78.9 Å². The number of carbonyl (C=O) groups excluding carboxylic acids is 2. The van der Waals surface area contributed by atoms with Gasteiger partial charge in [-0.15, -0.1) is 0 Å². The lowest BCUT2D eigenvalue weighted by molar-refractivity contribution is -0.129. The Labute approximate surface area is 243 Å². The van der Waals surface area contributed by atoms with Crippen molar-refractivity contribution in [3.63, 3.8) is 0 Å². The second kappa shape index (κ2) is 11.7. The quantitative estimate of drug-likeness (QED) is 0.189. The number of aliphatic hydroxyl groups excluding tert-OH is 1. The van der Waals surface area contributed by atoms with Crippen LogP contribution in [0.25, 0.3) is 11.0 Å². The zero-order chi connectivity index (χ0) is 29.1. The van der Waals surface area contributed by atoms with Crippen molar-refractivity contribution in [2.24, 2.45) is 0 Å². The highest BCUT2D eigenvalue weighted by Gasteiger charge is 2.44. The lowest BCUT2D eigenvalue weighted by Crippen LogP contribution is -2.33. The van der Waals surface area contributed by atoms with Crippen molar-refractivity contribution >= 4 is 22.7 Å². The average Bonchev–Trinajstić information content (AvgIpc) is 3.58. The predicted octanol–water partition coefficient (Wildman–Crippen LogP) is 6.84. The lowest BCUT2D eigenvalue weighted by Gasteiger charge is -2.27. The molecular weight excluding hydrogens is 530 g/mol. The summed E-state index contributed by atoms with van der Waals surface area (Å²) in [5, 5.41) is 11.9. The molecule has 1 N–H and O–H groups in total. The monoisotopic (exact) mass is 559 g/mol.